The zero-order valence-electron chi connectivity index (χ0n) is 12.2. The van der Waals surface area contributed by atoms with E-state index < -0.39 is 0 Å². The Labute approximate surface area is 117 Å². The predicted molar refractivity (Wildman–Crippen MR) is 77.5 cm³/mol. The Morgan fingerprint density at radius 1 is 1.40 bits per heavy atom. The first-order chi connectivity index (χ1) is 9.49. The third-order valence-electron chi connectivity index (χ3n) is 4.11. The largest absolute Gasteiger partial charge is 0.327 e. The van der Waals surface area contributed by atoms with Crippen molar-refractivity contribution >= 4 is 16.7 Å². The lowest BCUT2D eigenvalue weighted by molar-refractivity contribution is 0.350. The fraction of sp³-hybridized carbons (Fsp3) is 0.400. The molecule has 5 nitrogen and oxygen atoms in total. The summed E-state index contributed by atoms with van der Waals surface area (Å²) in [4.78, 5) is 4.52. The van der Waals surface area contributed by atoms with Crippen LogP contribution < -0.4 is 0 Å². The molecule has 3 heterocycles. The first-order valence-electron chi connectivity index (χ1n) is 6.75. The highest BCUT2D eigenvalue weighted by Crippen LogP contribution is 2.28. The van der Waals surface area contributed by atoms with E-state index in [9.17, 15) is 0 Å². The lowest BCUT2D eigenvalue weighted by Gasteiger charge is -2.26. The van der Waals surface area contributed by atoms with Gasteiger partial charge in [-0.3, -0.25) is 0 Å². The summed E-state index contributed by atoms with van der Waals surface area (Å²) in [5.74, 6) is 0. The van der Waals surface area contributed by atoms with Crippen LogP contribution in [0.2, 0.25) is 0 Å². The molecule has 0 amide bonds. The lowest BCUT2D eigenvalue weighted by Crippen LogP contribution is -2.25. The van der Waals surface area contributed by atoms with Crippen LogP contribution in [0.5, 0.6) is 0 Å². The van der Waals surface area contributed by atoms with Crippen LogP contribution in [0.15, 0.2) is 18.5 Å². The van der Waals surface area contributed by atoms with E-state index in [1.54, 1.807) is 10.7 Å². The van der Waals surface area contributed by atoms with Crippen LogP contribution in [0.4, 0.5) is 0 Å². The average molecular weight is 267 g/mol. The van der Waals surface area contributed by atoms with Crippen molar-refractivity contribution < 1.29 is 0 Å². The maximum absolute atomic E-state index is 9.16. The van der Waals surface area contributed by atoms with Gasteiger partial charge in [-0.1, -0.05) is 6.92 Å². The maximum atomic E-state index is 9.16. The maximum Gasteiger partial charge on any atom is 0.175 e. The molecule has 0 spiro atoms. The Bertz CT molecular complexity index is 845. The van der Waals surface area contributed by atoms with Crippen molar-refractivity contribution in [2.24, 2.45) is 0 Å². The van der Waals surface area contributed by atoms with Crippen molar-refractivity contribution in [1.29, 1.82) is 5.26 Å². The molecular formula is C15H17N5. The van der Waals surface area contributed by atoms with E-state index in [0.29, 0.717) is 11.2 Å². The van der Waals surface area contributed by atoms with E-state index in [2.05, 4.69) is 53.8 Å². The van der Waals surface area contributed by atoms with Crippen LogP contribution in [0, 0.1) is 18.3 Å². The normalized spacial score (nSPS) is 12.2. The second-order valence-corrected chi connectivity index (χ2v) is 5.69. The summed E-state index contributed by atoms with van der Waals surface area (Å²) in [5, 5.41) is 14.6. The number of aromatic nitrogens is 4. The molecule has 0 aliphatic heterocycles. The molecule has 3 aromatic rings. The first kappa shape index (κ1) is 12.7. The van der Waals surface area contributed by atoms with E-state index in [0.717, 1.165) is 23.1 Å². The minimum Gasteiger partial charge on any atom is -0.327 e. The van der Waals surface area contributed by atoms with Crippen molar-refractivity contribution in [1.82, 2.24) is 19.2 Å². The number of nitriles is 1. The van der Waals surface area contributed by atoms with E-state index in [4.69, 9.17) is 5.26 Å². The minimum atomic E-state index is -0.0127. The SMILES string of the molecule is CCC(C)(C)n1ccc2c(C)nc3c(C#N)cnn3c21. The van der Waals surface area contributed by atoms with Crippen molar-refractivity contribution in [3.8, 4) is 6.07 Å². The van der Waals surface area contributed by atoms with Gasteiger partial charge in [0, 0.05) is 17.1 Å². The van der Waals surface area contributed by atoms with Gasteiger partial charge in [-0.15, -0.1) is 0 Å². The number of hydrogen-bond acceptors (Lipinski definition) is 3. The van der Waals surface area contributed by atoms with Crippen LogP contribution in [0.25, 0.3) is 16.7 Å². The Balaban J connectivity index is 2.50. The highest BCUT2D eigenvalue weighted by molar-refractivity contribution is 5.82. The van der Waals surface area contributed by atoms with Gasteiger partial charge in [-0.05, 0) is 33.3 Å². The third kappa shape index (κ3) is 1.54. The molecule has 0 saturated carbocycles. The highest BCUT2D eigenvalue weighted by Gasteiger charge is 2.22. The second-order valence-electron chi connectivity index (χ2n) is 5.69. The molecule has 0 unspecified atom stereocenters. The van der Waals surface area contributed by atoms with Crippen LogP contribution in [0.1, 0.15) is 38.4 Å². The first-order valence-corrected chi connectivity index (χ1v) is 6.75. The van der Waals surface area contributed by atoms with Crippen LogP contribution in [0.3, 0.4) is 0 Å². The minimum absolute atomic E-state index is 0.0127. The van der Waals surface area contributed by atoms with Crippen molar-refractivity contribution in [2.75, 3.05) is 0 Å². The Hall–Kier alpha value is -2.35. The van der Waals surface area contributed by atoms with Gasteiger partial charge >= 0.3 is 0 Å². The molecule has 5 heteroatoms. The molecule has 102 valence electrons. The van der Waals surface area contributed by atoms with Gasteiger partial charge in [0.25, 0.3) is 0 Å². The molecule has 0 N–H and O–H groups in total. The van der Waals surface area contributed by atoms with Gasteiger partial charge < -0.3 is 4.57 Å². The fourth-order valence-corrected chi connectivity index (χ4v) is 2.48. The van der Waals surface area contributed by atoms with Gasteiger partial charge in [0.15, 0.2) is 5.65 Å². The molecule has 20 heavy (non-hydrogen) atoms. The molecule has 0 radical (unpaired) electrons. The van der Waals surface area contributed by atoms with Gasteiger partial charge in [0.1, 0.15) is 17.3 Å². The third-order valence-corrected chi connectivity index (χ3v) is 4.11. The molecule has 0 aliphatic rings. The number of hydrogen-bond donors (Lipinski definition) is 0. The molecule has 0 atom stereocenters. The summed E-state index contributed by atoms with van der Waals surface area (Å²) >= 11 is 0. The van der Waals surface area contributed by atoms with E-state index in [1.807, 2.05) is 6.92 Å². The summed E-state index contributed by atoms with van der Waals surface area (Å²) in [6, 6.07) is 4.22. The summed E-state index contributed by atoms with van der Waals surface area (Å²) in [6.45, 7) is 8.53. The molecule has 3 rings (SSSR count). The molecule has 3 aromatic heterocycles. The van der Waals surface area contributed by atoms with Crippen LogP contribution in [-0.2, 0) is 5.54 Å². The Morgan fingerprint density at radius 3 is 2.80 bits per heavy atom. The predicted octanol–water partition coefficient (Wildman–Crippen LogP) is 3.01. The van der Waals surface area contributed by atoms with E-state index in [1.165, 1.54) is 0 Å². The Morgan fingerprint density at radius 2 is 2.15 bits per heavy atom. The van der Waals surface area contributed by atoms with Gasteiger partial charge in [0.05, 0.1) is 11.9 Å². The van der Waals surface area contributed by atoms with Gasteiger partial charge in [-0.25, -0.2) is 4.98 Å². The van der Waals surface area contributed by atoms with Crippen molar-refractivity contribution in [3.05, 3.63) is 29.7 Å². The zero-order valence-corrected chi connectivity index (χ0v) is 12.2. The number of rotatable bonds is 2. The number of nitrogens with zero attached hydrogens (tertiary/aromatic N) is 5. The van der Waals surface area contributed by atoms with Gasteiger partial charge in [-0.2, -0.15) is 14.9 Å². The summed E-state index contributed by atoms with van der Waals surface area (Å²) in [6.07, 6.45) is 4.67. The lowest BCUT2D eigenvalue weighted by atomic mass is 10.0. The van der Waals surface area contributed by atoms with E-state index in [-0.39, 0.29) is 5.54 Å². The summed E-state index contributed by atoms with van der Waals surface area (Å²) in [5.41, 5.74) is 3.05. The molecule has 0 aromatic carbocycles. The van der Waals surface area contributed by atoms with E-state index >= 15 is 0 Å². The molecule has 0 fully saturated rings. The van der Waals surface area contributed by atoms with Gasteiger partial charge in [0.2, 0.25) is 0 Å². The number of aryl methyl sites for hydroxylation is 1. The van der Waals surface area contributed by atoms with Crippen LogP contribution in [-0.4, -0.2) is 19.2 Å². The summed E-state index contributed by atoms with van der Waals surface area (Å²) < 4.78 is 4.00. The monoisotopic (exact) mass is 267 g/mol. The number of fused-ring (bicyclic) bond motifs is 3. The molecule has 0 saturated heterocycles. The second kappa shape index (κ2) is 4.07. The smallest absolute Gasteiger partial charge is 0.175 e. The zero-order chi connectivity index (χ0) is 14.5. The standard InChI is InChI=1S/C15H17N5/c1-5-15(3,4)19-7-6-12-10(2)18-13-11(8-16)9-17-20(13)14(12)19/h6-7,9H,5H2,1-4H3. The summed E-state index contributed by atoms with van der Waals surface area (Å²) in [7, 11) is 0. The fourth-order valence-electron chi connectivity index (χ4n) is 2.48. The molecule has 0 bridgehead atoms. The average Bonchev–Trinajstić information content (AvgIpc) is 3.02. The van der Waals surface area contributed by atoms with Crippen LogP contribution >= 0.6 is 0 Å². The molecular weight excluding hydrogens is 250 g/mol. The highest BCUT2D eigenvalue weighted by atomic mass is 15.3. The quantitative estimate of drug-likeness (QED) is 0.717. The molecule has 0 aliphatic carbocycles. The topological polar surface area (TPSA) is 58.9 Å². The Kier molecular flexibility index (Phi) is 2.58. The van der Waals surface area contributed by atoms with Crippen molar-refractivity contribution in [2.45, 2.75) is 39.7 Å². The van der Waals surface area contributed by atoms with Crippen molar-refractivity contribution in [3.63, 3.8) is 0 Å².